The molecule has 0 aliphatic carbocycles. The highest BCUT2D eigenvalue weighted by Crippen LogP contribution is 2.50. The van der Waals surface area contributed by atoms with E-state index in [1.165, 1.54) is 0 Å². The number of rotatable bonds is 9. The van der Waals surface area contributed by atoms with Gasteiger partial charge in [-0.25, -0.2) is 0 Å². The maximum absolute atomic E-state index is 10.8. The van der Waals surface area contributed by atoms with Gasteiger partial charge in [-0.3, -0.25) is 0 Å². The minimum absolute atomic E-state index is 0.0602. The average molecular weight is 368 g/mol. The summed E-state index contributed by atoms with van der Waals surface area (Å²) in [7, 11) is 0. The first-order chi connectivity index (χ1) is 11.1. The molecule has 0 amide bonds. The van der Waals surface area contributed by atoms with Crippen LogP contribution in [0.25, 0.3) is 0 Å². The van der Waals surface area contributed by atoms with Crippen molar-refractivity contribution in [3.8, 4) is 0 Å². The molecule has 0 heterocycles. The van der Waals surface area contributed by atoms with Crippen LogP contribution in [0.15, 0.2) is 12.2 Å². The Balaban J connectivity index is 5.11. The van der Waals surface area contributed by atoms with Crippen LogP contribution in [0, 0.1) is 27.6 Å². The van der Waals surface area contributed by atoms with Crippen molar-refractivity contribution in [1.82, 2.24) is 0 Å². The Hall–Kier alpha value is -0.340. The molecule has 0 radical (unpaired) electrons. The number of nitrogens with two attached hydrogens (primary N) is 1. The molecule has 0 aromatic carbocycles. The maximum atomic E-state index is 10.8. The van der Waals surface area contributed by atoms with Crippen LogP contribution in [0.4, 0.5) is 0 Å². The van der Waals surface area contributed by atoms with E-state index in [0.717, 1.165) is 18.4 Å². The SMILES string of the molecule is C=C(CC(C)(C)C(C)(C)CC(C)(C)C)C(O)CC(C)C(C)(C)C(C)(C)N. The van der Waals surface area contributed by atoms with Crippen LogP contribution in [-0.4, -0.2) is 16.7 Å². The highest BCUT2D eigenvalue weighted by atomic mass is 16.3. The topological polar surface area (TPSA) is 46.2 Å². The maximum Gasteiger partial charge on any atom is 0.0750 e. The van der Waals surface area contributed by atoms with Crippen molar-refractivity contribution in [2.45, 2.75) is 114 Å². The number of hydrogen-bond acceptors (Lipinski definition) is 2. The molecule has 2 unspecified atom stereocenters. The van der Waals surface area contributed by atoms with Crippen LogP contribution < -0.4 is 5.73 Å². The lowest BCUT2D eigenvalue weighted by Gasteiger charge is -2.47. The Morgan fingerprint density at radius 3 is 1.65 bits per heavy atom. The van der Waals surface area contributed by atoms with E-state index in [1.807, 2.05) is 0 Å². The van der Waals surface area contributed by atoms with Crippen molar-refractivity contribution in [3.63, 3.8) is 0 Å². The fourth-order valence-corrected chi connectivity index (χ4v) is 3.92. The van der Waals surface area contributed by atoms with E-state index in [2.05, 4.69) is 89.7 Å². The molecule has 26 heavy (non-hydrogen) atoms. The summed E-state index contributed by atoms with van der Waals surface area (Å²) in [6.45, 7) is 31.2. The fraction of sp³-hybridized carbons (Fsp3) is 0.917. The van der Waals surface area contributed by atoms with Gasteiger partial charge in [0.1, 0.15) is 0 Å². The second-order valence-electron chi connectivity index (χ2n) is 12.4. The summed E-state index contributed by atoms with van der Waals surface area (Å²) in [4.78, 5) is 0. The monoisotopic (exact) mass is 367 g/mol. The predicted molar refractivity (Wildman–Crippen MR) is 117 cm³/mol. The second kappa shape index (κ2) is 7.95. The van der Waals surface area contributed by atoms with Gasteiger partial charge in [0.15, 0.2) is 0 Å². The van der Waals surface area contributed by atoms with Gasteiger partial charge in [-0.1, -0.05) is 75.8 Å². The van der Waals surface area contributed by atoms with Crippen molar-refractivity contribution >= 4 is 0 Å². The summed E-state index contributed by atoms with van der Waals surface area (Å²) in [6, 6.07) is 0. The van der Waals surface area contributed by atoms with E-state index in [0.29, 0.717) is 12.3 Å². The molecule has 0 aliphatic rings. The highest BCUT2D eigenvalue weighted by molar-refractivity contribution is 5.09. The molecule has 0 aliphatic heterocycles. The Morgan fingerprint density at radius 2 is 1.31 bits per heavy atom. The normalized spacial score (nSPS) is 17.2. The van der Waals surface area contributed by atoms with E-state index < -0.39 is 6.10 Å². The van der Waals surface area contributed by atoms with E-state index in [-0.39, 0.29) is 27.2 Å². The zero-order valence-electron chi connectivity index (χ0n) is 20.0. The molecule has 0 aromatic heterocycles. The standard InChI is InChI=1S/C24H49NO/c1-17(15-21(6,7)22(8,9)16-20(3,4)5)19(26)14-18(2)23(10,11)24(12,13)25/h18-19,26H,1,14-16,25H2,2-13H3. The molecule has 2 atom stereocenters. The number of hydrogen-bond donors (Lipinski definition) is 2. The van der Waals surface area contributed by atoms with Gasteiger partial charge in [0.2, 0.25) is 0 Å². The van der Waals surface area contributed by atoms with Gasteiger partial charge in [-0.15, -0.1) is 0 Å². The van der Waals surface area contributed by atoms with Crippen LogP contribution in [-0.2, 0) is 0 Å². The van der Waals surface area contributed by atoms with Gasteiger partial charge < -0.3 is 10.8 Å². The second-order valence-corrected chi connectivity index (χ2v) is 12.4. The molecule has 2 heteroatoms. The number of aliphatic hydroxyl groups excluding tert-OH is 1. The Morgan fingerprint density at radius 1 is 0.885 bits per heavy atom. The van der Waals surface area contributed by atoms with E-state index in [9.17, 15) is 5.11 Å². The molecule has 0 rings (SSSR count). The predicted octanol–water partition coefficient (Wildman–Crippen LogP) is 6.57. The van der Waals surface area contributed by atoms with Crippen molar-refractivity contribution in [2.24, 2.45) is 33.3 Å². The van der Waals surface area contributed by atoms with Crippen LogP contribution in [0.2, 0.25) is 0 Å². The fourth-order valence-electron chi connectivity index (χ4n) is 3.92. The van der Waals surface area contributed by atoms with Gasteiger partial charge in [-0.2, -0.15) is 0 Å². The van der Waals surface area contributed by atoms with Crippen LogP contribution in [0.5, 0.6) is 0 Å². The van der Waals surface area contributed by atoms with Gasteiger partial charge >= 0.3 is 0 Å². The smallest absolute Gasteiger partial charge is 0.0750 e. The Labute approximate surface area is 165 Å². The average Bonchev–Trinajstić information content (AvgIpc) is 2.33. The van der Waals surface area contributed by atoms with Crippen LogP contribution in [0.1, 0.15) is 102 Å². The highest BCUT2D eigenvalue weighted by Gasteiger charge is 2.42. The molecule has 0 spiro atoms. The minimum atomic E-state index is -0.476. The largest absolute Gasteiger partial charge is 0.389 e. The number of aliphatic hydroxyl groups is 1. The van der Waals surface area contributed by atoms with Crippen LogP contribution in [0.3, 0.4) is 0 Å². The molecule has 2 nitrogen and oxygen atoms in total. The van der Waals surface area contributed by atoms with Crippen molar-refractivity contribution < 1.29 is 5.11 Å². The van der Waals surface area contributed by atoms with Crippen molar-refractivity contribution in [1.29, 1.82) is 0 Å². The lowest BCUT2D eigenvalue weighted by Crippen LogP contribution is -2.51. The third-order valence-electron chi connectivity index (χ3n) is 7.41. The van der Waals surface area contributed by atoms with E-state index in [4.69, 9.17) is 5.73 Å². The molecule has 156 valence electrons. The summed E-state index contributed by atoms with van der Waals surface area (Å²) >= 11 is 0. The van der Waals surface area contributed by atoms with E-state index >= 15 is 0 Å². The van der Waals surface area contributed by atoms with Crippen LogP contribution >= 0.6 is 0 Å². The summed E-state index contributed by atoms with van der Waals surface area (Å²) < 4.78 is 0. The third kappa shape index (κ3) is 6.68. The first-order valence-electron chi connectivity index (χ1n) is 10.3. The Bertz CT molecular complexity index is 471. The lowest BCUT2D eigenvalue weighted by molar-refractivity contribution is 0.0438. The molecular weight excluding hydrogens is 318 g/mol. The summed E-state index contributed by atoms with van der Waals surface area (Å²) in [5.74, 6) is 0.306. The quantitative estimate of drug-likeness (QED) is 0.452. The molecule has 0 bridgehead atoms. The molecular formula is C24H49NO. The van der Waals surface area contributed by atoms with Gasteiger partial charge in [0, 0.05) is 5.54 Å². The minimum Gasteiger partial charge on any atom is -0.389 e. The van der Waals surface area contributed by atoms with Gasteiger partial charge in [0.05, 0.1) is 6.10 Å². The molecule has 3 N–H and O–H groups in total. The van der Waals surface area contributed by atoms with Gasteiger partial charge in [0.25, 0.3) is 0 Å². The van der Waals surface area contributed by atoms with Crippen molar-refractivity contribution in [3.05, 3.63) is 12.2 Å². The third-order valence-corrected chi connectivity index (χ3v) is 7.41. The first kappa shape index (κ1) is 25.7. The molecule has 0 fully saturated rings. The lowest BCUT2D eigenvalue weighted by atomic mass is 9.59. The zero-order chi connectivity index (χ0) is 21.4. The van der Waals surface area contributed by atoms with Gasteiger partial charge in [-0.05, 0) is 66.3 Å². The first-order valence-corrected chi connectivity index (χ1v) is 10.3. The summed E-state index contributed by atoms with van der Waals surface area (Å²) in [6.07, 6.45) is 2.22. The summed E-state index contributed by atoms with van der Waals surface area (Å²) in [5.41, 5.74) is 7.50. The van der Waals surface area contributed by atoms with E-state index in [1.54, 1.807) is 0 Å². The molecule has 0 saturated heterocycles. The summed E-state index contributed by atoms with van der Waals surface area (Å²) in [5, 5.41) is 10.8. The zero-order valence-corrected chi connectivity index (χ0v) is 20.0. The van der Waals surface area contributed by atoms with Crippen molar-refractivity contribution in [2.75, 3.05) is 0 Å². The molecule has 0 saturated carbocycles. The molecule has 0 aromatic rings. The Kier molecular flexibility index (Phi) is 7.85.